The van der Waals surface area contributed by atoms with Crippen LogP contribution in [0, 0.1) is 13.8 Å². The number of benzene rings is 4. The molecule has 0 bridgehead atoms. The normalized spacial score (nSPS) is 18.4. The summed E-state index contributed by atoms with van der Waals surface area (Å²) in [5.41, 5.74) is 6.47. The van der Waals surface area contributed by atoms with Gasteiger partial charge in [-0.15, -0.1) is 0 Å². The highest BCUT2D eigenvalue weighted by Gasteiger charge is 2.45. The summed E-state index contributed by atoms with van der Waals surface area (Å²) in [5, 5.41) is 0. The number of aryl methyl sites for hydroxylation is 2. The summed E-state index contributed by atoms with van der Waals surface area (Å²) < 4.78 is 12.3. The van der Waals surface area contributed by atoms with Crippen molar-refractivity contribution in [2.75, 3.05) is 0 Å². The zero-order chi connectivity index (χ0) is 23.9. The van der Waals surface area contributed by atoms with Crippen molar-refractivity contribution >= 4 is 0 Å². The molecule has 1 atom stereocenters. The van der Waals surface area contributed by atoms with Crippen LogP contribution in [0.2, 0.25) is 0 Å². The van der Waals surface area contributed by atoms with Crippen molar-refractivity contribution in [1.82, 2.24) is 0 Å². The molecule has 0 heterocycles. The van der Waals surface area contributed by atoms with Crippen LogP contribution in [0.25, 0.3) is 0 Å². The van der Waals surface area contributed by atoms with Gasteiger partial charge in [-0.25, -0.2) is 0 Å². The Morgan fingerprint density at radius 1 is 0.529 bits per heavy atom. The summed E-state index contributed by atoms with van der Waals surface area (Å²) in [6.45, 7) is 11.2. The van der Waals surface area contributed by atoms with Crippen LogP contribution in [0.3, 0.4) is 0 Å². The third-order valence-corrected chi connectivity index (χ3v) is 7.11. The van der Waals surface area contributed by atoms with E-state index in [1.54, 1.807) is 0 Å². The highest BCUT2D eigenvalue weighted by atomic mass is 16.5. The predicted octanol–water partition coefficient (Wildman–Crippen LogP) is 8.88. The van der Waals surface area contributed by atoms with Crippen molar-refractivity contribution in [2.45, 2.75) is 51.9 Å². The summed E-state index contributed by atoms with van der Waals surface area (Å²) in [7, 11) is 0. The molecule has 34 heavy (non-hydrogen) atoms. The number of ether oxygens (including phenoxy) is 2. The van der Waals surface area contributed by atoms with E-state index in [2.05, 4.69) is 101 Å². The molecule has 0 radical (unpaired) electrons. The standard InChI is InChI=1S/C32H32O2/c1-22-6-12-25(13-7-22)33-27-16-10-24(11-17-27)32(5)21-31(3,4)29-19-18-28(20-30(29)32)34-26-14-8-23(2)9-15-26/h6-20H,21H2,1-5H3. The minimum absolute atomic E-state index is 0.0868. The molecule has 1 aliphatic carbocycles. The van der Waals surface area contributed by atoms with Crippen LogP contribution >= 0.6 is 0 Å². The third-order valence-electron chi connectivity index (χ3n) is 7.11. The van der Waals surface area contributed by atoms with Gasteiger partial charge in [-0.05, 0) is 90.9 Å². The third kappa shape index (κ3) is 4.21. The smallest absolute Gasteiger partial charge is 0.127 e. The van der Waals surface area contributed by atoms with Crippen molar-refractivity contribution in [1.29, 1.82) is 0 Å². The summed E-state index contributed by atoms with van der Waals surface area (Å²) in [5.74, 6) is 3.45. The van der Waals surface area contributed by atoms with Gasteiger partial charge < -0.3 is 9.47 Å². The second kappa shape index (κ2) is 8.36. The molecular formula is C32H32O2. The van der Waals surface area contributed by atoms with Gasteiger partial charge in [0.05, 0.1) is 0 Å². The SMILES string of the molecule is Cc1ccc(Oc2ccc(C3(C)CC(C)(C)c4ccc(Oc5ccc(C)cc5)cc43)cc2)cc1. The largest absolute Gasteiger partial charge is 0.457 e. The predicted molar refractivity (Wildman–Crippen MR) is 139 cm³/mol. The molecule has 0 aromatic heterocycles. The summed E-state index contributed by atoms with van der Waals surface area (Å²) >= 11 is 0. The zero-order valence-corrected chi connectivity index (χ0v) is 20.7. The molecule has 172 valence electrons. The summed E-state index contributed by atoms with van der Waals surface area (Å²) in [6, 6.07) is 31.5. The molecule has 5 rings (SSSR count). The highest BCUT2D eigenvalue weighted by Crippen LogP contribution is 2.53. The van der Waals surface area contributed by atoms with E-state index < -0.39 is 0 Å². The highest BCUT2D eigenvalue weighted by molar-refractivity contribution is 5.55. The first-order chi connectivity index (χ1) is 16.2. The second-order valence-electron chi connectivity index (χ2n) is 10.5. The van der Waals surface area contributed by atoms with E-state index in [1.807, 2.05) is 24.3 Å². The average Bonchev–Trinajstić information content (AvgIpc) is 3.03. The van der Waals surface area contributed by atoms with Crippen molar-refractivity contribution in [3.05, 3.63) is 119 Å². The van der Waals surface area contributed by atoms with Gasteiger partial charge in [-0.3, -0.25) is 0 Å². The fourth-order valence-corrected chi connectivity index (χ4v) is 5.34. The Labute approximate surface area is 203 Å². The maximum atomic E-state index is 6.23. The fraction of sp³-hybridized carbons (Fsp3) is 0.250. The van der Waals surface area contributed by atoms with Crippen LogP contribution < -0.4 is 9.47 Å². The molecule has 0 spiro atoms. The maximum absolute atomic E-state index is 6.23. The fourth-order valence-electron chi connectivity index (χ4n) is 5.34. The zero-order valence-electron chi connectivity index (χ0n) is 20.7. The molecule has 0 aliphatic heterocycles. The van der Waals surface area contributed by atoms with E-state index in [0.29, 0.717) is 0 Å². The van der Waals surface area contributed by atoms with E-state index in [4.69, 9.17) is 9.47 Å². The van der Waals surface area contributed by atoms with E-state index in [9.17, 15) is 0 Å². The molecule has 0 fully saturated rings. The van der Waals surface area contributed by atoms with Crippen molar-refractivity contribution in [3.63, 3.8) is 0 Å². The van der Waals surface area contributed by atoms with Crippen LogP contribution in [0.5, 0.6) is 23.0 Å². The quantitative estimate of drug-likeness (QED) is 0.303. The lowest BCUT2D eigenvalue weighted by Crippen LogP contribution is -2.23. The first-order valence-electron chi connectivity index (χ1n) is 12.0. The van der Waals surface area contributed by atoms with Crippen molar-refractivity contribution in [2.24, 2.45) is 0 Å². The Hall–Kier alpha value is -3.52. The number of hydrogen-bond donors (Lipinski definition) is 0. The minimum atomic E-state index is -0.103. The van der Waals surface area contributed by atoms with Gasteiger partial charge in [-0.2, -0.15) is 0 Å². The summed E-state index contributed by atoms with van der Waals surface area (Å²) in [4.78, 5) is 0. The van der Waals surface area contributed by atoms with Crippen LogP contribution in [-0.2, 0) is 10.8 Å². The Kier molecular flexibility index (Phi) is 5.48. The molecular weight excluding hydrogens is 416 g/mol. The van der Waals surface area contributed by atoms with E-state index in [-0.39, 0.29) is 10.8 Å². The lowest BCUT2D eigenvalue weighted by atomic mass is 9.75. The first-order valence-corrected chi connectivity index (χ1v) is 12.0. The topological polar surface area (TPSA) is 18.5 Å². The molecule has 0 saturated carbocycles. The van der Waals surface area contributed by atoms with Gasteiger partial charge in [0, 0.05) is 5.41 Å². The number of hydrogen-bond acceptors (Lipinski definition) is 2. The molecule has 4 aromatic carbocycles. The maximum Gasteiger partial charge on any atom is 0.127 e. The monoisotopic (exact) mass is 448 g/mol. The lowest BCUT2D eigenvalue weighted by molar-refractivity contribution is 0.423. The molecule has 1 aliphatic rings. The minimum Gasteiger partial charge on any atom is -0.457 e. The van der Waals surface area contributed by atoms with Crippen LogP contribution in [0.1, 0.15) is 55.0 Å². The van der Waals surface area contributed by atoms with Crippen LogP contribution in [0.4, 0.5) is 0 Å². The number of fused-ring (bicyclic) bond motifs is 1. The van der Waals surface area contributed by atoms with Gasteiger partial charge in [0.15, 0.2) is 0 Å². The molecule has 0 amide bonds. The Bertz CT molecular complexity index is 1300. The Morgan fingerprint density at radius 3 is 1.50 bits per heavy atom. The van der Waals surface area contributed by atoms with Gasteiger partial charge >= 0.3 is 0 Å². The molecule has 2 nitrogen and oxygen atoms in total. The number of rotatable bonds is 5. The van der Waals surface area contributed by atoms with Crippen molar-refractivity contribution in [3.8, 4) is 23.0 Å². The lowest BCUT2D eigenvalue weighted by Gasteiger charge is -2.28. The van der Waals surface area contributed by atoms with Crippen molar-refractivity contribution < 1.29 is 9.47 Å². The van der Waals surface area contributed by atoms with E-state index in [0.717, 1.165) is 29.4 Å². The second-order valence-corrected chi connectivity index (χ2v) is 10.5. The summed E-state index contributed by atoms with van der Waals surface area (Å²) in [6.07, 6.45) is 1.04. The molecule has 0 N–H and O–H groups in total. The van der Waals surface area contributed by atoms with Gasteiger partial charge in [0.2, 0.25) is 0 Å². The molecule has 4 aromatic rings. The van der Waals surface area contributed by atoms with Gasteiger partial charge in [0.25, 0.3) is 0 Å². The van der Waals surface area contributed by atoms with Crippen LogP contribution in [0.15, 0.2) is 91.0 Å². The van der Waals surface area contributed by atoms with E-state index >= 15 is 0 Å². The molecule has 2 heteroatoms. The molecule has 1 unspecified atom stereocenters. The van der Waals surface area contributed by atoms with E-state index in [1.165, 1.54) is 27.8 Å². The van der Waals surface area contributed by atoms with Gasteiger partial charge in [-0.1, -0.05) is 74.4 Å². The van der Waals surface area contributed by atoms with Crippen LogP contribution in [-0.4, -0.2) is 0 Å². The Balaban J connectivity index is 1.45. The van der Waals surface area contributed by atoms with Gasteiger partial charge in [0.1, 0.15) is 23.0 Å². The average molecular weight is 449 g/mol. The molecule has 0 saturated heterocycles. The Morgan fingerprint density at radius 2 is 0.971 bits per heavy atom. The first kappa shape index (κ1) is 22.3.